The molecule has 1 aromatic rings. The van der Waals surface area contributed by atoms with E-state index in [-0.39, 0.29) is 47.2 Å². The number of carbonyl (C=O) groups is 5. The van der Waals surface area contributed by atoms with E-state index in [1.54, 1.807) is 17.0 Å². The maximum absolute atomic E-state index is 14.9. The highest BCUT2D eigenvalue weighted by Gasteiger charge is 2.70. The fourth-order valence-electron chi connectivity index (χ4n) is 8.85. The van der Waals surface area contributed by atoms with Crippen molar-refractivity contribution < 1.29 is 32.4 Å². The van der Waals surface area contributed by atoms with Crippen LogP contribution < -0.4 is 21.3 Å². The second-order valence-electron chi connectivity index (χ2n) is 18.1. The van der Waals surface area contributed by atoms with Gasteiger partial charge in [-0.05, 0) is 71.8 Å². The molecule has 1 unspecified atom stereocenters. The Kier molecular flexibility index (Phi) is 12.6. The summed E-state index contributed by atoms with van der Waals surface area (Å²) in [4.78, 5) is 75.1. The quantitative estimate of drug-likeness (QED) is 0.154. The number of ketones is 1. The Balaban J connectivity index is 1.38. The molecule has 15 heteroatoms. The number of Topliss-reactive ketones (excluding diaryl/α,β-unsaturated/α-hetero) is 1. The lowest BCUT2D eigenvalue weighted by Gasteiger charge is -2.44. The summed E-state index contributed by atoms with van der Waals surface area (Å²) in [5.41, 5.74) is -1.41. The smallest absolute Gasteiger partial charge is 0.315 e. The van der Waals surface area contributed by atoms with Crippen LogP contribution in [0.1, 0.15) is 92.9 Å². The van der Waals surface area contributed by atoms with Crippen LogP contribution in [0.5, 0.6) is 0 Å². The third-order valence-corrected chi connectivity index (χ3v) is 14.7. The van der Waals surface area contributed by atoms with Gasteiger partial charge >= 0.3 is 6.03 Å². The van der Waals surface area contributed by atoms with Gasteiger partial charge in [-0.25, -0.2) is 18.2 Å². The molecule has 55 heavy (non-hydrogen) atoms. The molecular weight excluding hydrogens is 723 g/mol. The van der Waals surface area contributed by atoms with Gasteiger partial charge in [0, 0.05) is 38.9 Å². The largest absolute Gasteiger partial charge is 0.346 e. The molecule has 2 heterocycles. The molecule has 4 aliphatic rings. The molecule has 4 N–H and O–H groups in total. The second-order valence-corrected chi connectivity index (χ2v) is 20.1. The van der Waals surface area contributed by atoms with Crippen LogP contribution in [0.25, 0.3) is 0 Å². The number of carbonyl (C=O) groups excluding carboxylic acids is 5. The number of likely N-dealkylation sites (N-methyl/N-ethyl adjacent to an activating group) is 1. The lowest BCUT2D eigenvalue weighted by molar-refractivity contribution is -0.146. The number of pyridine rings is 1. The number of fused-ring (bicyclic) bond motifs is 1. The molecule has 0 aromatic carbocycles. The summed E-state index contributed by atoms with van der Waals surface area (Å²) in [5.74, 6) is -2.59. The fourth-order valence-corrected chi connectivity index (χ4v) is 9.95. The van der Waals surface area contributed by atoms with Crippen molar-refractivity contribution in [1.29, 1.82) is 0 Å². The van der Waals surface area contributed by atoms with Crippen molar-refractivity contribution in [2.45, 2.75) is 122 Å². The summed E-state index contributed by atoms with van der Waals surface area (Å²) in [6.07, 6.45) is 9.35. The van der Waals surface area contributed by atoms with Crippen molar-refractivity contribution in [3.8, 4) is 0 Å². The van der Waals surface area contributed by atoms with Crippen molar-refractivity contribution in [3.63, 3.8) is 0 Å². The predicted octanol–water partition coefficient (Wildman–Crippen LogP) is 3.39. The molecule has 4 fully saturated rings. The van der Waals surface area contributed by atoms with Crippen molar-refractivity contribution >= 4 is 39.6 Å². The van der Waals surface area contributed by atoms with Crippen molar-refractivity contribution in [2.24, 2.45) is 34.0 Å². The number of aromatic nitrogens is 1. The monoisotopic (exact) mass is 783 g/mol. The Morgan fingerprint density at radius 1 is 1.02 bits per heavy atom. The van der Waals surface area contributed by atoms with Gasteiger partial charge in [0.2, 0.25) is 17.6 Å². The zero-order valence-corrected chi connectivity index (χ0v) is 34.3. The van der Waals surface area contributed by atoms with Crippen LogP contribution in [0.4, 0.5) is 4.79 Å². The number of nitrogens with one attached hydrogen (secondary N) is 4. The second kappa shape index (κ2) is 16.3. The van der Waals surface area contributed by atoms with E-state index in [0.717, 1.165) is 25.7 Å². The first kappa shape index (κ1) is 42.3. The van der Waals surface area contributed by atoms with Gasteiger partial charge in [0.1, 0.15) is 18.1 Å². The molecule has 1 aliphatic heterocycles. The number of hydrogen-bond donors (Lipinski definition) is 4. The summed E-state index contributed by atoms with van der Waals surface area (Å²) in [7, 11) is -2.51. The SMILES string of the molecule is C=CCNC(=O)C(=O)C(NC(=O)[C@@H]1[C@@H]2[C@H](CN1C(=O)[C@@H](NC(=O)N[C@H](CN(C)S(=O)(=O)c1ccccn1)C(C)(C)C)C1(C)CCCCC1)C2(C)C)C1CCC1. The molecule has 0 spiro atoms. The number of piperidine rings is 1. The van der Waals surface area contributed by atoms with Crippen LogP contribution in [-0.2, 0) is 29.2 Å². The van der Waals surface area contributed by atoms with Crippen molar-refractivity contribution in [1.82, 2.24) is 35.5 Å². The summed E-state index contributed by atoms with van der Waals surface area (Å²) in [6.45, 7) is 15.8. The van der Waals surface area contributed by atoms with Crippen LogP contribution in [0.3, 0.4) is 0 Å². The Bertz CT molecular complexity index is 1730. The minimum atomic E-state index is -3.95. The van der Waals surface area contributed by atoms with Crippen molar-refractivity contribution in [3.05, 3.63) is 37.1 Å². The number of rotatable bonds is 15. The number of likely N-dealkylation sites (tertiary alicyclic amines) is 1. The summed E-state index contributed by atoms with van der Waals surface area (Å²) >= 11 is 0. The Labute approximate surface area is 326 Å². The van der Waals surface area contributed by atoms with Crippen molar-refractivity contribution in [2.75, 3.05) is 26.7 Å². The van der Waals surface area contributed by atoms with E-state index in [1.807, 2.05) is 27.7 Å². The van der Waals surface area contributed by atoms with Gasteiger partial charge in [-0.1, -0.05) is 79.4 Å². The molecule has 3 aliphatic carbocycles. The first-order chi connectivity index (χ1) is 25.7. The van der Waals surface area contributed by atoms with E-state index < -0.39 is 68.6 Å². The summed E-state index contributed by atoms with van der Waals surface area (Å²) in [6, 6.07) is 0.512. The molecular formula is C40H61N7O7S. The van der Waals surface area contributed by atoms with E-state index >= 15 is 0 Å². The fraction of sp³-hybridized carbons (Fsp3) is 0.700. The predicted molar refractivity (Wildman–Crippen MR) is 208 cm³/mol. The number of hydrogen-bond acceptors (Lipinski definition) is 8. The minimum absolute atomic E-state index is 0.0506. The van der Waals surface area contributed by atoms with Gasteiger partial charge in [-0.3, -0.25) is 19.2 Å². The molecule has 1 saturated heterocycles. The highest BCUT2D eigenvalue weighted by atomic mass is 32.2. The first-order valence-electron chi connectivity index (χ1n) is 19.7. The Hall–Kier alpha value is -3.85. The molecule has 0 bridgehead atoms. The lowest BCUT2D eigenvalue weighted by atomic mass is 9.70. The maximum atomic E-state index is 14.9. The maximum Gasteiger partial charge on any atom is 0.315 e. The van der Waals surface area contributed by atoms with Crippen LogP contribution in [-0.4, -0.2) is 103 Å². The molecule has 6 atom stereocenters. The normalized spacial score (nSPS) is 24.7. The molecule has 304 valence electrons. The number of nitrogens with zero attached hydrogens (tertiary/aromatic N) is 3. The van der Waals surface area contributed by atoms with E-state index in [9.17, 15) is 32.4 Å². The Morgan fingerprint density at radius 3 is 2.25 bits per heavy atom. The summed E-state index contributed by atoms with van der Waals surface area (Å²) < 4.78 is 27.9. The van der Waals surface area contributed by atoms with Gasteiger partial charge < -0.3 is 26.2 Å². The van der Waals surface area contributed by atoms with Gasteiger partial charge in [-0.2, -0.15) is 4.31 Å². The van der Waals surface area contributed by atoms with Crippen LogP contribution in [0.2, 0.25) is 0 Å². The van der Waals surface area contributed by atoms with Gasteiger partial charge in [0.15, 0.2) is 5.03 Å². The number of sulfonamides is 1. The highest BCUT2D eigenvalue weighted by Crippen LogP contribution is 2.65. The highest BCUT2D eigenvalue weighted by molar-refractivity contribution is 7.89. The van der Waals surface area contributed by atoms with Crippen LogP contribution in [0, 0.1) is 34.0 Å². The molecule has 14 nitrogen and oxygen atoms in total. The van der Waals surface area contributed by atoms with E-state index in [1.165, 1.54) is 29.7 Å². The molecule has 1 aromatic heterocycles. The standard InChI is InChI=1S/C40H61N7O7S/c1-9-21-42-35(50)32(48)30(25-16-15-17-25)44-34(49)31-29-26(39(29,5)6)23-47(31)36(51)33(40(7)19-12-10-13-20-40)45-37(52)43-27(38(2,3)4)24-46(8)55(53,54)28-18-11-14-22-41-28/h9,11,14,18,22,25-27,29-31,33H,1,10,12-13,15-17,19-21,23-24H2,2-8H3,(H,42,50)(H,44,49)(H2,43,45,52)/t26-,27+,29-,30?,31-,33+/m0/s1. The van der Waals surface area contributed by atoms with Crippen LogP contribution in [0.15, 0.2) is 42.1 Å². The third-order valence-electron chi connectivity index (χ3n) is 12.9. The minimum Gasteiger partial charge on any atom is -0.346 e. The topological polar surface area (TPSA) is 187 Å². The lowest BCUT2D eigenvalue weighted by Crippen LogP contribution is -2.64. The third kappa shape index (κ3) is 8.92. The first-order valence-corrected chi connectivity index (χ1v) is 21.2. The average molecular weight is 784 g/mol. The van der Waals surface area contributed by atoms with Gasteiger partial charge in [-0.15, -0.1) is 6.58 Å². The zero-order chi connectivity index (χ0) is 40.5. The molecule has 5 rings (SSSR count). The zero-order valence-electron chi connectivity index (χ0n) is 33.5. The Morgan fingerprint density at radius 2 is 1.69 bits per heavy atom. The van der Waals surface area contributed by atoms with Crippen LogP contribution >= 0.6 is 0 Å². The molecule has 3 saturated carbocycles. The molecule has 5 amide bonds. The average Bonchev–Trinajstić information content (AvgIpc) is 3.41. The molecule has 0 radical (unpaired) electrons. The summed E-state index contributed by atoms with van der Waals surface area (Å²) in [5, 5.41) is 11.4. The van der Waals surface area contributed by atoms with Gasteiger partial charge in [0.05, 0.1) is 0 Å². The number of urea groups is 1. The van der Waals surface area contributed by atoms with Gasteiger partial charge in [0.25, 0.3) is 15.9 Å². The number of amides is 5. The van der Waals surface area contributed by atoms with E-state index in [4.69, 9.17) is 0 Å². The van der Waals surface area contributed by atoms with E-state index in [2.05, 4.69) is 46.7 Å². The van der Waals surface area contributed by atoms with E-state index in [0.29, 0.717) is 32.2 Å².